The molecule has 0 bridgehead atoms. The number of rotatable bonds is 5. The molecule has 1 heterocycles. The van der Waals surface area contributed by atoms with Gasteiger partial charge in [0.25, 0.3) is 0 Å². The third-order valence-electron chi connectivity index (χ3n) is 4.54. The summed E-state index contributed by atoms with van der Waals surface area (Å²) < 4.78 is 0. The number of hydrogen-bond donors (Lipinski definition) is 2. The Labute approximate surface area is 119 Å². The van der Waals surface area contributed by atoms with Gasteiger partial charge >= 0.3 is 0 Å². The van der Waals surface area contributed by atoms with E-state index in [0.717, 1.165) is 34.1 Å². The lowest BCUT2D eigenvalue weighted by Crippen LogP contribution is -2.25. The van der Waals surface area contributed by atoms with E-state index in [4.69, 9.17) is 4.98 Å². The summed E-state index contributed by atoms with van der Waals surface area (Å²) in [5.74, 6) is 2.53. The van der Waals surface area contributed by atoms with Crippen LogP contribution in [0.15, 0.2) is 30.3 Å². The van der Waals surface area contributed by atoms with E-state index in [9.17, 15) is 5.11 Å². The highest BCUT2D eigenvalue weighted by Crippen LogP contribution is 2.46. The largest absolute Gasteiger partial charge is 0.392 e. The third-order valence-corrected chi connectivity index (χ3v) is 4.54. The van der Waals surface area contributed by atoms with E-state index in [0.29, 0.717) is 6.04 Å². The monoisotopic (exact) mass is 268 g/mol. The van der Waals surface area contributed by atoms with Crippen molar-refractivity contribution in [3.63, 3.8) is 0 Å². The molecule has 4 rings (SSSR count). The zero-order valence-electron chi connectivity index (χ0n) is 11.5. The molecule has 0 amide bonds. The van der Waals surface area contributed by atoms with Crippen molar-refractivity contribution in [1.82, 2.24) is 4.98 Å². The minimum atomic E-state index is 0.0439. The number of pyridine rings is 1. The Hall–Kier alpha value is -1.61. The number of para-hydroxylation sites is 1. The summed E-state index contributed by atoms with van der Waals surface area (Å²) in [5.41, 5.74) is 1.91. The number of aliphatic hydroxyl groups is 1. The predicted octanol–water partition coefficient (Wildman–Crippen LogP) is 3.33. The van der Waals surface area contributed by atoms with Crippen LogP contribution in [0.25, 0.3) is 10.9 Å². The highest BCUT2D eigenvalue weighted by atomic mass is 16.3. The quantitative estimate of drug-likeness (QED) is 0.874. The Balaban J connectivity index is 1.69. The van der Waals surface area contributed by atoms with E-state index in [1.54, 1.807) is 0 Å². The molecule has 3 nitrogen and oxygen atoms in total. The molecule has 3 heteroatoms. The van der Waals surface area contributed by atoms with Crippen LogP contribution in [0.5, 0.6) is 0 Å². The maximum absolute atomic E-state index is 9.62. The first kappa shape index (κ1) is 12.2. The standard InChI is InChI=1S/C17H20N2O/c20-10-14-9-13-3-1-2-4-15(13)18-17(14)19-16(11-5-6-11)12-7-8-12/h1-4,9,11-12,16,20H,5-8,10H2,(H,18,19). The molecule has 2 aliphatic carbocycles. The molecule has 0 radical (unpaired) electrons. The Bertz CT molecular complexity index is 620. The lowest BCUT2D eigenvalue weighted by atomic mass is 10.1. The Morgan fingerprint density at radius 2 is 1.85 bits per heavy atom. The normalized spacial score (nSPS) is 18.7. The number of fused-ring (bicyclic) bond motifs is 1. The number of aromatic nitrogens is 1. The summed E-state index contributed by atoms with van der Waals surface area (Å²) in [5, 5.41) is 14.4. The lowest BCUT2D eigenvalue weighted by molar-refractivity contribution is 0.282. The molecule has 0 atom stereocenters. The van der Waals surface area contributed by atoms with Crippen LogP contribution in [-0.4, -0.2) is 16.1 Å². The SMILES string of the molecule is OCc1cc2ccccc2nc1NC(C1CC1)C1CC1. The van der Waals surface area contributed by atoms with Crippen LogP contribution in [0.4, 0.5) is 5.82 Å². The summed E-state index contributed by atoms with van der Waals surface area (Å²) in [6, 6.07) is 10.7. The number of nitrogens with one attached hydrogen (secondary N) is 1. The minimum Gasteiger partial charge on any atom is -0.392 e. The van der Waals surface area contributed by atoms with Crippen molar-refractivity contribution >= 4 is 16.7 Å². The van der Waals surface area contributed by atoms with Crippen LogP contribution in [0.1, 0.15) is 31.2 Å². The van der Waals surface area contributed by atoms with Crippen molar-refractivity contribution in [3.8, 4) is 0 Å². The first-order valence-corrected chi connectivity index (χ1v) is 7.61. The van der Waals surface area contributed by atoms with Crippen molar-refractivity contribution in [2.45, 2.75) is 38.3 Å². The molecule has 104 valence electrons. The highest BCUT2D eigenvalue weighted by molar-refractivity contribution is 5.81. The van der Waals surface area contributed by atoms with Gasteiger partial charge in [0.15, 0.2) is 0 Å². The number of hydrogen-bond acceptors (Lipinski definition) is 3. The first-order valence-electron chi connectivity index (χ1n) is 7.61. The molecule has 1 aromatic heterocycles. The number of anilines is 1. The molecule has 0 spiro atoms. The highest BCUT2D eigenvalue weighted by Gasteiger charge is 2.41. The molecule has 2 fully saturated rings. The van der Waals surface area contributed by atoms with Crippen molar-refractivity contribution < 1.29 is 5.11 Å². The lowest BCUT2D eigenvalue weighted by Gasteiger charge is -2.20. The average molecular weight is 268 g/mol. The van der Waals surface area contributed by atoms with E-state index in [1.165, 1.54) is 25.7 Å². The number of aliphatic hydroxyl groups excluding tert-OH is 1. The van der Waals surface area contributed by atoms with Gasteiger partial charge in [0.05, 0.1) is 12.1 Å². The zero-order chi connectivity index (χ0) is 13.5. The molecule has 2 aliphatic rings. The van der Waals surface area contributed by atoms with Gasteiger partial charge in [-0.15, -0.1) is 0 Å². The topological polar surface area (TPSA) is 45.2 Å². The maximum Gasteiger partial charge on any atom is 0.132 e. The average Bonchev–Trinajstić information content (AvgIpc) is 3.37. The van der Waals surface area contributed by atoms with E-state index >= 15 is 0 Å². The van der Waals surface area contributed by atoms with Gasteiger partial charge in [-0.2, -0.15) is 0 Å². The van der Waals surface area contributed by atoms with Crippen LogP contribution < -0.4 is 5.32 Å². The fraction of sp³-hybridized carbons (Fsp3) is 0.471. The summed E-state index contributed by atoms with van der Waals surface area (Å²) in [7, 11) is 0. The second kappa shape index (κ2) is 4.74. The second-order valence-corrected chi connectivity index (χ2v) is 6.19. The van der Waals surface area contributed by atoms with Gasteiger partial charge < -0.3 is 10.4 Å². The van der Waals surface area contributed by atoms with Crippen LogP contribution >= 0.6 is 0 Å². The fourth-order valence-electron chi connectivity index (χ4n) is 3.09. The smallest absolute Gasteiger partial charge is 0.132 e. The Kier molecular flexibility index (Phi) is 2.88. The van der Waals surface area contributed by atoms with Gasteiger partial charge in [-0.05, 0) is 49.7 Å². The molecular formula is C17H20N2O. The molecule has 0 aliphatic heterocycles. The third kappa shape index (κ3) is 2.27. The molecule has 20 heavy (non-hydrogen) atoms. The van der Waals surface area contributed by atoms with Crippen LogP contribution in [0, 0.1) is 11.8 Å². The minimum absolute atomic E-state index is 0.0439. The molecule has 2 N–H and O–H groups in total. The van der Waals surface area contributed by atoms with Gasteiger partial charge in [-0.3, -0.25) is 0 Å². The van der Waals surface area contributed by atoms with Crippen molar-refractivity contribution in [2.24, 2.45) is 11.8 Å². The fourth-order valence-corrected chi connectivity index (χ4v) is 3.09. The Morgan fingerprint density at radius 1 is 1.15 bits per heavy atom. The van der Waals surface area contributed by atoms with Crippen LogP contribution in [-0.2, 0) is 6.61 Å². The van der Waals surface area contributed by atoms with Crippen molar-refractivity contribution in [1.29, 1.82) is 0 Å². The predicted molar refractivity (Wildman–Crippen MR) is 80.5 cm³/mol. The summed E-state index contributed by atoms with van der Waals surface area (Å²) in [4.78, 5) is 4.74. The van der Waals surface area contributed by atoms with E-state index < -0.39 is 0 Å². The summed E-state index contributed by atoms with van der Waals surface area (Å²) >= 11 is 0. The van der Waals surface area contributed by atoms with Crippen LogP contribution in [0.3, 0.4) is 0 Å². The van der Waals surface area contributed by atoms with E-state index in [1.807, 2.05) is 24.3 Å². The Morgan fingerprint density at radius 3 is 2.50 bits per heavy atom. The number of benzene rings is 1. The van der Waals surface area contributed by atoms with Gasteiger partial charge in [-0.25, -0.2) is 4.98 Å². The first-order chi connectivity index (χ1) is 9.85. The second-order valence-electron chi connectivity index (χ2n) is 6.19. The van der Waals surface area contributed by atoms with E-state index in [-0.39, 0.29) is 6.61 Å². The van der Waals surface area contributed by atoms with Gasteiger partial charge in [0.2, 0.25) is 0 Å². The molecular weight excluding hydrogens is 248 g/mol. The van der Waals surface area contributed by atoms with Crippen molar-refractivity contribution in [2.75, 3.05) is 5.32 Å². The zero-order valence-corrected chi connectivity index (χ0v) is 11.5. The van der Waals surface area contributed by atoms with Gasteiger partial charge in [-0.1, -0.05) is 18.2 Å². The van der Waals surface area contributed by atoms with Crippen molar-refractivity contribution in [3.05, 3.63) is 35.9 Å². The molecule has 0 unspecified atom stereocenters. The molecule has 1 aromatic carbocycles. The number of nitrogens with zero attached hydrogens (tertiary/aromatic N) is 1. The maximum atomic E-state index is 9.62. The molecule has 2 aromatic rings. The summed E-state index contributed by atoms with van der Waals surface area (Å²) in [6.45, 7) is 0.0439. The van der Waals surface area contributed by atoms with Crippen LogP contribution in [0.2, 0.25) is 0 Å². The summed E-state index contributed by atoms with van der Waals surface area (Å²) in [6.07, 6.45) is 5.37. The van der Waals surface area contributed by atoms with Gasteiger partial charge in [0, 0.05) is 17.0 Å². The van der Waals surface area contributed by atoms with Gasteiger partial charge in [0.1, 0.15) is 5.82 Å². The molecule has 0 saturated heterocycles. The molecule has 2 saturated carbocycles. The van der Waals surface area contributed by atoms with E-state index in [2.05, 4.69) is 11.4 Å².